The lowest BCUT2D eigenvalue weighted by Gasteiger charge is -2.17. The van der Waals surface area contributed by atoms with Gasteiger partial charge in [0.1, 0.15) is 17.1 Å². The summed E-state index contributed by atoms with van der Waals surface area (Å²) < 4.78 is 13.1. The van der Waals surface area contributed by atoms with Gasteiger partial charge in [-0.3, -0.25) is 4.90 Å². The van der Waals surface area contributed by atoms with Crippen LogP contribution in [0.25, 0.3) is 11.2 Å². The average molecular weight is 380 g/mol. The van der Waals surface area contributed by atoms with E-state index < -0.39 is 0 Å². The molecular formula is C22H28N4O2. The largest absolute Gasteiger partial charge is 0.494 e. The fourth-order valence-electron chi connectivity index (χ4n) is 3.99. The minimum Gasteiger partial charge on any atom is -0.494 e. The second kappa shape index (κ2) is 8.71. The first-order valence-corrected chi connectivity index (χ1v) is 10.0. The first-order valence-electron chi connectivity index (χ1n) is 10.0. The van der Waals surface area contributed by atoms with Gasteiger partial charge in [0.15, 0.2) is 5.65 Å². The van der Waals surface area contributed by atoms with Crippen molar-refractivity contribution in [3.8, 4) is 5.75 Å². The number of ether oxygens (including phenoxy) is 2. The molecular weight excluding hydrogens is 352 g/mol. The first-order chi connectivity index (χ1) is 13.8. The molecule has 6 nitrogen and oxygen atoms in total. The number of hydrogen-bond acceptors (Lipinski definition) is 5. The van der Waals surface area contributed by atoms with Crippen molar-refractivity contribution in [2.75, 3.05) is 33.4 Å². The van der Waals surface area contributed by atoms with Gasteiger partial charge >= 0.3 is 0 Å². The van der Waals surface area contributed by atoms with Crippen molar-refractivity contribution in [3.63, 3.8) is 0 Å². The van der Waals surface area contributed by atoms with Crippen LogP contribution in [0.2, 0.25) is 0 Å². The van der Waals surface area contributed by atoms with Crippen molar-refractivity contribution in [2.24, 2.45) is 0 Å². The number of pyridine rings is 1. The highest BCUT2D eigenvalue weighted by atomic mass is 16.5. The molecule has 3 heterocycles. The van der Waals surface area contributed by atoms with E-state index in [0.717, 1.165) is 55.3 Å². The van der Waals surface area contributed by atoms with Gasteiger partial charge in [-0.05, 0) is 49.7 Å². The van der Waals surface area contributed by atoms with Crippen LogP contribution < -0.4 is 4.74 Å². The third-order valence-corrected chi connectivity index (χ3v) is 5.33. The fraction of sp³-hybridized carbons (Fsp3) is 0.455. The number of fused-ring (bicyclic) bond motifs is 1. The maximum absolute atomic E-state index is 5.54. The summed E-state index contributed by atoms with van der Waals surface area (Å²) in [4.78, 5) is 12.0. The third kappa shape index (κ3) is 4.03. The molecule has 0 aliphatic carbocycles. The SMILES string of the molecule is CCOc1ccc(CN2CC[C@@H](c3nc4cccnc4n3CCOC)C2)cc1. The molecule has 148 valence electrons. The Morgan fingerprint density at radius 1 is 1.18 bits per heavy atom. The van der Waals surface area contributed by atoms with Gasteiger partial charge in [0.25, 0.3) is 0 Å². The zero-order valence-electron chi connectivity index (χ0n) is 16.7. The van der Waals surface area contributed by atoms with E-state index >= 15 is 0 Å². The van der Waals surface area contributed by atoms with Gasteiger partial charge in [-0.15, -0.1) is 0 Å². The Labute approximate surface area is 166 Å². The molecule has 1 atom stereocenters. The summed E-state index contributed by atoms with van der Waals surface area (Å²) in [6.45, 7) is 7.22. The monoisotopic (exact) mass is 380 g/mol. The van der Waals surface area contributed by atoms with Crippen LogP contribution in [-0.2, 0) is 17.8 Å². The van der Waals surface area contributed by atoms with Crippen molar-refractivity contribution in [1.29, 1.82) is 0 Å². The molecule has 0 unspecified atom stereocenters. The molecule has 6 heteroatoms. The Kier molecular flexibility index (Phi) is 5.88. The lowest BCUT2D eigenvalue weighted by molar-refractivity contribution is 0.186. The molecule has 1 aromatic carbocycles. The summed E-state index contributed by atoms with van der Waals surface area (Å²) in [5, 5.41) is 0. The van der Waals surface area contributed by atoms with Crippen molar-refractivity contribution >= 4 is 11.2 Å². The van der Waals surface area contributed by atoms with Crippen LogP contribution >= 0.6 is 0 Å². The van der Waals surface area contributed by atoms with E-state index in [9.17, 15) is 0 Å². The number of imidazole rings is 1. The van der Waals surface area contributed by atoms with Gasteiger partial charge in [0.05, 0.1) is 13.2 Å². The quantitative estimate of drug-likeness (QED) is 0.599. The minimum atomic E-state index is 0.425. The fourth-order valence-corrected chi connectivity index (χ4v) is 3.99. The van der Waals surface area contributed by atoms with E-state index in [0.29, 0.717) is 19.1 Å². The van der Waals surface area contributed by atoms with Crippen LogP contribution in [0.3, 0.4) is 0 Å². The van der Waals surface area contributed by atoms with Crippen LogP contribution in [-0.4, -0.2) is 52.8 Å². The van der Waals surface area contributed by atoms with Crippen molar-refractivity contribution < 1.29 is 9.47 Å². The van der Waals surface area contributed by atoms with Crippen molar-refractivity contribution in [2.45, 2.75) is 32.4 Å². The summed E-state index contributed by atoms with van der Waals surface area (Å²) >= 11 is 0. The molecule has 0 saturated carbocycles. The van der Waals surface area contributed by atoms with E-state index in [1.165, 1.54) is 5.56 Å². The summed E-state index contributed by atoms with van der Waals surface area (Å²) in [5.41, 5.74) is 3.25. The lowest BCUT2D eigenvalue weighted by Crippen LogP contribution is -2.21. The van der Waals surface area contributed by atoms with Gasteiger partial charge in [-0.2, -0.15) is 0 Å². The van der Waals surface area contributed by atoms with E-state index in [4.69, 9.17) is 14.5 Å². The number of likely N-dealkylation sites (tertiary alicyclic amines) is 1. The lowest BCUT2D eigenvalue weighted by atomic mass is 10.1. The Morgan fingerprint density at radius 2 is 2.04 bits per heavy atom. The van der Waals surface area contributed by atoms with Crippen LogP contribution in [0.4, 0.5) is 0 Å². The molecule has 2 aromatic heterocycles. The Hall–Kier alpha value is -2.44. The van der Waals surface area contributed by atoms with Gasteiger partial charge in [-0.1, -0.05) is 12.1 Å². The molecule has 4 rings (SSSR count). The molecule has 0 radical (unpaired) electrons. The number of hydrogen-bond donors (Lipinski definition) is 0. The minimum absolute atomic E-state index is 0.425. The number of nitrogens with zero attached hydrogens (tertiary/aromatic N) is 4. The predicted octanol–water partition coefficient (Wildman–Crippen LogP) is 3.47. The molecule has 0 bridgehead atoms. The normalized spacial score (nSPS) is 17.4. The smallest absolute Gasteiger partial charge is 0.160 e. The van der Waals surface area contributed by atoms with Gasteiger partial charge < -0.3 is 14.0 Å². The van der Waals surface area contributed by atoms with E-state index in [1.807, 2.05) is 25.3 Å². The molecule has 28 heavy (non-hydrogen) atoms. The molecule has 1 aliphatic heterocycles. The third-order valence-electron chi connectivity index (χ3n) is 5.33. The molecule has 3 aromatic rings. The number of benzene rings is 1. The molecule has 0 amide bonds. The van der Waals surface area contributed by atoms with Crippen LogP contribution in [0.1, 0.15) is 30.7 Å². The Morgan fingerprint density at radius 3 is 2.82 bits per heavy atom. The maximum Gasteiger partial charge on any atom is 0.160 e. The zero-order valence-corrected chi connectivity index (χ0v) is 16.7. The van der Waals surface area contributed by atoms with Crippen LogP contribution in [0.15, 0.2) is 42.6 Å². The molecule has 1 aliphatic rings. The summed E-state index contributed by atoms with van der Waals surface area (Å²) in [6.07, 6.45) is 2.96. The van der Waals surface area contributed by atoms with Crippen LogP contribution in [0, 0.1) is 0 Å². The first kappa shape index (κ1) is 18.9. The summed E-state index contributed by atoms with van der Waals surface area (Å²) in [7, 11) is 1.74. The summed E-state index contributed by atoms with van der Waals surface area (Å²) in [5.74, 6) is 2.50. The van der Waals surface area contributed by atoms with Gasteiger partial charge in [0.2, 0.25) is 0 Å². The maximum atomic E-state index is 5.54. The highest BCUT2D eigenvalue weighted by molar-refractivity contribution is 5.71. The standard InChI is InChI=1S/C22H28N4O2/c1-3-28-19-8-6-17(7-9-19)15-25-12-10-18(16-25)21-24-20-5-4-11-23-22(20)26(21)13-14-27-2/h4-9,11,18H,3,10,12-16H2,1-2H3/t18-/m1/s1. The second-order valence-corrected chi connectivity index (χ2v) is 7.26. The average Bonchev–Trinajstić information content (AvgIpc) is 3.32. The van der Waals surface area contributed by atoms with E-state index in [2.05, 4.69) is 38.7 Å². The van der Waals surface area contributed by atoms with Gasteiger partial charge in [-0.25, -0.2) is 9.97 Å². The number of rotatable bonds is 8. The zero-order chi connectivity index (χ0) is 19.3. The van der Waals surface area contributed by atoms with E-state index in [-0.39, 0.29) is 0 Å². The second-order valence-electron chi connectivity index (χ2n) is 7.26. The Balaban J connectivity index is 1.47. The molecule has 0 spiro atoms. The Bertz CT molecular complexity index is 907. The topological polar surface area (TPSA) is 52.4 Å². The highest BCUT2D eigenvalue weighted by Gasteiger charge is 2.28. The van der Waals surface area contributed by atoms with Crippen LogP contribution in [0.5, 0.6) is 5.75 Å². The van der Waals surface area contributed by atoms with Gasteiger partial charge in [0, 0.05) is 38.9 Å². The van der Waals surface area contributed by atoms with Crippen molar-refractivity contribution in [1.82, 2.24) is 19.4 Å². The molecule has 1 fully saturated rings. The molecule has 0 N–H and O–H groups in total. The number of aromatic nitrogens is 3. The van der Waals surface area contributed by atoms with Crippen molar-refractivity contribution in [3.05, 3.63) is 54.0 Å². The highest BCUT2D eigenvalue weighted by Crippen LogP contribution is 2.30. The number of methoxy groups -OCH3 is 1. The summed E-state index contributed by atoms with van der Waals surface area (Å²) in [6, 6.07) is 12.4. The molecule has 1 saturated heterocycles. The predicted molar refractivity (Wildman–Crippen MR) is 110 cm³/mol. The van der Waals surface area contributed by atoms with E-state index in [1.54, 1.807) is 7.11 Å².